The van der Waals surface area contributed by atoms with Crippen LogP contribution in [0.4, 0.5) is 0 Å². The Morgan fingerprint density at radius 3 is 2.79 bits per heavy atom. The monoisotopic (exact) mass is 284 g/mol. The Balaban J connectivity index is 2.02. The molecule has 0 saturated carbocycles. The van der Waals surface area contributed by atoms with Gasteiger partial charge in [-0.1, -0.05) is 6.07 Å². The highest BCUT2D eigenvalue weighted by Gasteiger charge is 2.19. The van der Waals surface area contributed by atoms with Gasteiger partial charge in [-0.2, -0.15) is 0 Å². The van der Waals surface area contributed by atoms with E-state index in [1.54, 1.807) is 12.1 Å². The maximum absolute atomic E-state index is 12.2. The van der Waals surface area contributed by atoms with E-state index in [0.717, 1.165) is 17.7 Å². The van der Waals surface area contributed by atoms with E-state index in [1.807, 2.05) is 19.9 Å². The van der Waals surface area contributed by atoms with E-state index in [9.17, 15) is 8.42 Å². The number of hydrogen-bond donors (Lipinski definition) is 2. The summed E-state index contributed by atoms with van der Waals surface area (Å²) in [5, 5.41) is 3.17. The number of morpholine rings is 1. The molecule has 1 heterocycles. The normalized spacial score (nSPS) is 20.4. The molecule has 5 nitrogen and oxygen atoms in total. The van der Waals surface area contributed by atoms with Crippen molar-refractivity contribution in [1.29, 1.82) is 0 Å². The largest absolute Gasteiger partial charge is 0.374 e. The van der Waals surface area contributed by atoms with Gasteiger partial charge in [0.25, 0.3) is 0 Å². The lowest BCUT2D eigenvalue weighted by atomic mass is 10.1. The minimum atomic E-state index is -3.46. The molecule has 0 aliphatic carbocycles. The predicted molar refractivity (Wildman–Crippen MR) is 73.7 cm³/mol. The summed E-state index contributed by atoms with van der Waals surface area (Å²) >= 11 is 0. The number of rotatable bonds is 4. The van der Waals surface area contributed by atoms with E-state index in [1.165, 1.54) is 0 Å². The first kappa shape index (κ1) is 14.5. The molecule has 6 heteroatoms. The van der Waals surface area contributed by atoms with Gasteiger partial charge in [-0.25, -0.2) is 13.1 Å². The molecule has 0 amide bonds. The molecular formula is C13H20N2O3S. The van der Waals surface area contributed by atoms with Crippen LogP contribution in [-0.4, -0.2) is 40.8 Å². The lowest BCUT2D eigenvalue weighted by molar-refractivity contribution is 0.0324. The van der Waals surface area contributed by atoms with Crippen molar-refractivity contribution in [2.75, 3.05) is 26.2 Å². The maximum Gasteiger partial charge on any atom is 0.240 e. The van der Waals surface area contributed by atoms with Crippen LogP contribution in [0.15, 0.2) is 23.1 Å². The van der Waals surface area contributed by atoms with Gasteiger partial charge in [0.15, 0.2) is 0 Å². The standard InChI is InChI=1S/C13H20N2O3S/c1-10-3-4-13(7-11(10)2)19(16,17)15-9-12-8-14-5-6-18-12/h3-4,7,12,14-15H,5-6,8-9H2,1-2H3. The van der Waals surface area contributed by atoms with Crippen molar-refractivity contribution in [3.05, 3.63) is 29.3 Å². The average molecular weight is 284 g/mol. The van der Waals surface area contributed by atoms with Crippen molar-refractivity contribution in [3.63, 3.8) is 0 Å². The fourth-order valence-electron chi connectivity index (χ4n) is 1.92. The van der Waals surface area contributed by atoms with Crippen molar-refractivity contribution >= 4 is 10.0 Å². The second kappa shape index (κ2) is 6.00. The zero-order valence-electron chi connectivity index (χ0n) is 11.3. The van der Waals surface area contributed by atoms with Crippen LogP contribution in [-0.2, 0) is 14.8 Å². The smallest absolute Gasteiger partial charge is 0.240 e. The molecule has 2 rings (SSSR count). The number of ether oxygens (including phenoxy) is 1. The number of aryl methyl sites for hydroxylation is 2. The number of benzene rings is 1. The number of sulfonamides is 1. The second-order valence-electron chi connectivity index (χ2n) is 4.79. The third-order valence-electron chi connectivity index (χ3n) is 3.29. The summed E-state index contributed by atoms with van der Waals surface area (Å²) in [7, 11) is -3.46. The molecule has 1 aromatic carbocycles. The molecule has 106 valence electrons. The molecule has 1 aromatic rings. The number of nitrogens with one attached hydrogen (secondary N) is 2. The lowest BCUT2D eigenvalue weighted by Crippen LogP contribution is -2.45. The first-order valence-electron chi connectivity index (χ1n) is 6.38. The molecule has 1 aliphatic heterocycles. The summed E-state index contributed by atoms with van der Waals surface area (Å²) in [4.78, 5) is 0.305. The average Bonchev–Trinajstić information content (AvgIpc) is 2.41. The van der Waals surface area contributed by atoms with E-state index >= 15 is 0 Å². The van der Waals surface area contributed by atoms with Gasteiger partial charge < -0.3 is 10.1 Å². The molecule has 0 spiro atoms. The van der Waals surface area contributed by atoms with Crippen LogP contribution < -0.4 is 10.0 Å². The minimum absolute atomic E-state index is 0.102. The van der Waals surface area contributed by atoms with Crippen LogP contribution in [0.25, 0.3) is 0 Å². The topological polar surface area (TPSA) is 67.4 Å². The highest BCUT2D eigenvalue weighted by atomic mass is 32.2. The quantitative estimate of drug-likeness (QED) is 0.848. The molecule has 1 atom stereocenters. The fourth-order valence-corrected chi connectivity index (χ4v) is 3.07. The Labute approximate surface area is 114 Å². The van der Waals surface area contributed by atoms with Gasteiger partial charge in [0.1, 0.15) is 0 Å². The molecule has 1 fully saturated rings. The van der Waals surface area contributed by atoms with E-state index in [-0.39, 0.29) is 6.10 Å². The highest BCUT2D eigenvalue weighted by molar-refractivity contribution is 7.89. The zero-order chi connectivity index (χ0) is 13.9. The molecule has 0 aromatic heterocycles. The summed E-state index contributed by atoms with van der Waals surface area (Å²) in [6.45, 7) is 6.28. The zero-order valence-corrected chi connectivity index (χ0v) is 12.1. The molecular weight excluding hydrogens is 264 g/mol. The maximum atomic E-state index is 12.2. The van der Waals surface area contributed by atoms with Crippen molar-refractivity contribution in [2.45, 2.75) is 24.8 Å². The highest BCUT2D eigenvalue weighted by Crippen LogP contribution is 2.14. The Hall–Kier alpha value is -0.950. The number of hydrogen-bond acceptors (Lipinski definition) is 4. The summed E-state index contributed by atoms with van der Waals surface area (Å²) in [6.07, 6.45) is -0.102. The van der Waals surface area contributed by atoms with Crippen LogP contribution in [0.2, 0.25) is 0 Å². The molecule has 2 N–H and O–H groups in total. The van der Waals surface area contributed by atoms with Gasteiger partial charge in [-0.15, -0.1) is 0 Å². The van der Waals surface area contributed by atoms with Crippen molar-refractivity contribution in [2.24, 2.45) is 0 Å². The van der Waals surface area contributed by atoms with E-state index < -0.39 is 10.0 Å². The van der Waals surface area contributed by atoms with E-state index in [2.05, 4.69) is 10.0 Å². The Bertz CT molecular complexity index is 537. The summed E-state index contributed by atoms with van der Waals surface area (Å²) in [5.74, 6) is 0. The molecule has 0 radical (unpaired) electrons. The van der Waals surface area contributed by atoms with Crippen LogP contribution >= 0.6 is 0 Å². The van der Waals surface area contributed by atoms with Gasteiger partial charge in [0.2, 0.25) is 10.0 Å². The summed E-state index contributed by atoms with van der Waals surface area (Å²) in [6, 6.07) is 5.14. The minimum Gasteiger partial charge on any atom is -0.374 e. The third-order valence-corrected chi connectivity index (χ3v) is 4.72. The van der Waals surface area contributed by atoms with Crippen LogP contribution in [0.5, 0.6) is 0 Å². The SMILES string of the molecule is Cc1ccc(S(=O)(=O)NCC2CNCCO2)cc1C. The van der Waals surface area contributed by atoms with Gasteiger partial charge in [-0.05, 0) is 37.1 Å². The molecule has 1 unspecified atom stereocenters. The van der Waals surface area contributed by atoms with Gasteiger partial charge in [-0.3, -0.25) is 0 Å². The van der Waals surface area contributed by atoms with Crippen molar-refractivity contribution in [1.82, 2.24) is 10.0 Å². The van der Waals surface area contributed by atoms with Crippen molar-refractivity contribution < 1.29 is 13.2 Å². The van der Waals surface area contributed by atoms with Crippen molar-refractivity contribution in [3.8, 4) is 0 Å². The Morgan fingerprint density at radius 2 is 2.16 bits per heavy atom. The molecule has 19 heavy (non-hydrogen) atoms. The summed E-state index contributed by atoms with van der Waals surface area (Å²) < 4.78 is 32.4. The van der Waals surface area contributed by atoms with E-state index in [0.29, 0.717) is 24.6 Å². The van der Waals surface area contributed by atoms with E-state index in [4.69, 9.17) is 4.74 Å². The predicted octanol–water partition coefficient (Wildman–Crippen LogP) is 0.570. The summed E-state index contributed by atoms with van der Waals surface area (Å²) in [5.41, 5.74) is 2.05. The van der Waals surface area contributed by atoms with Crippen LogP contribution in [0.3, 0.4) is 0 Å². The third kappa shape index (κ3) is 3.76. The molecule has 1 saturated heterocycles. The van der Waals surface area contributed by atoms with Gasteiger partial charge in [0.05, 0.1) is 17.6 Å². The first-order chi connectivity index (χ1) is 8.99. The first-order valence-corrected chi connectivity index (χ1v) is 7.86. The van der Waals surface area contributed by atoms with Gasteiger partial charge in [0, 0.05) is 19.6 Å². The lowest BCUT2D eigenvalue weighted by Gasteiger charge is -2.23. The molecule has 1 aliphatic rings. The molecule has 0 bridgehead atoms. The Morgan fingerprint density at radius 1 is 1.37 bits per heavy atom. The second-order valence-corrected chi connectivity index (χ2v) is 6.56. The van der Waals surface area contributed by atoms with Crippen LogP contribution in [0, 0.1) is 13.8 Å². The van der Waals surface area contributed by atoms with Crippen LogP contribution in [0.1, 0.15) is 11.1 Å². The van der Waals surface area contributed by atoms with Gasteiger partial charge >= 0.3 is 0 Å². The fraction of sp³-hybridized carbons (Fsp3) is 0.538. The Kier molecular flexibility index (Phi) is 4.57.